The first-order valence-corrected chi connectivity index (χ1v) is 6.98. The van der Waals surface area contributed by atoms with Crippen molar-refractivity contribution >= 4 is 0 Å². The van der Waals surface area contributed by atoms with Crippen LogP contribution in [-0.2, 0) is 0 Å². The maximum atomic E-state index is 3.60. The highest BCUT2D eigenvalue weighted by Gasteiger charge is 2.31. The molecule has 2 aliphatic carbocycles. The smallest absolute Gasteiger partial charge is 0.00975 e. The van der Waals surface area contributed by atoms with Gasteiger partial charge in [0.05, 0.1) is 0 Å². The largest absolute Gasteiger partial charge is 0.317 e. The molecular formula is C14H27N. The fraction of sp³-hybridized carbons (Fsp3) is 1.00. The highest BCUT2D eigenvalue weighted by molar-refractivity contribution is 4.86. The van der Waals surface area contributed by atoms with Crippen LogP contribution in [0.4, 0.5) is 0 Å². The molecule has 3 unspecified atom stereocenters. The Balaban J connectivity index is 1.85. The second-order valence-electron chi connectivity index (χ2n) is 5.85. The maximum Gasteiger partial charge on any atom is 0.00975 e. The van der Waals surface area contributed by atoms with E-state index in [1.807, 2.05) is 0 Å². The normalized spacial score (nSPS) is 34.8. The molecule has 0 aromatic rings. The lowest BCUT2D eigenvalue weighted by atomic mass is 9.84. The minimum atomic E-state index is 0.811. The second-order valence-corrected chi connectivity index (χ2v) is 5.85. The second kappa shape index (κ2) is 5.34. The maximum absolute atomic E-state index is 3.60. The van der Waals surface area contributed by atoms with E-state index in [2.05, 4.69) is 19.3 Å². The summed E-state index contributed by atoms with van der Waals surface area (Å²) in [4.78, 5) is 0. The number of nitrogens with one attached hydrogen (secondary N) is 1. The standard InChI is InChI=1S/C14H27N/c1-11-6-5-9-13(11)14(15-2)10-12-7-3-4-8-12/h11-15H,3-10H2,1-2H3. The Morgan fingerprint density at radius 2 is 1.80 bits per heavy atom. The van der Waals surface area contributed by atoms with Crippen LogP contribution in [-0.4, -0.2) is 13.1 Å². The van der Waals surface area contributed by atoms with E-state index < -0.39 is 0 Å². The molecule has 0 aliphatic heterocycles. The van der Waals surface area contributed by atoms with Crippen LogP contribution in [0, 0.1) is 17.8 Å². The van der Waals surface area contributed by atoms with Crippen molar-refractivity contribution in [1.29, 1.82) is 0 Å². The fourth-order valence-electron chi connectivity index (χ4n) is 3.88. The minimum Gasteiger partial charge on any atom is -0.317 e. The van der Waals surface area contributed by atoms with E-state index in [9.17, 15) is 0 Å². The van der Waals surface area contributed by atoms with Crippen LogP contribution >= 0.6 is 0 Å². The third-order valence-electron chi connectivity index (χ3n) is 4.88. The van der Waals surface area contributed by atoms with E-state index in [0.717, 1.165) is 23.8 Å². The zero-order valence-corrected chi connectivity index (χ0v) is 10.5. The molecule has 0 spiro atoms. The van der Waals surface area contributed by atoms with Gasteiger partial charge in [0.15, 0.2) is 0 Å². The lowest BCUT2D eigenvalue weighted by Crippen LogP contribution is -2.36. The van der Waals surface area contributed by atoms with E-state index in [-0.39, 0.29) is 0 Å². The molecule has 3 atom stereocenters. The van der Waals surface area contributed by atoms with Gasteiger partial charge in [0.1, 0.15) is 0 Å². The van der Waals surface area contributed by atoms with Gasteiger partial charge in [-0.15, -0.1) is 0 Å². The number of rotatable bonds is 4. The van der Waals surface area contributed by atoms with Crippen LogP contribution in [0.15, 0.2) is 0 Å². The molecule has 0 radical (unpaired) electrons. The van der Waals surface area contributed by atoms with Gasteiger partial charge in [0.25, 0.3) is 0 Å². The van der Waals surface area contributed by atoms with Gasteiger partial charge < -0.3 is 5.32 Å². The van der Waals surface area contributed by atoms with Crippen molar-refractivity contribution in [2.45, 2.75) is 64.3 Å². The molecule has 15 heavy (non-hydrogen) atoms. The van der Waals surface area contributed by atoms with E-state index in [0.29, 0.717) is 0 Å². The molecule has 0 saturated heterocycles. The molecule has 2 fully saturated rings. The predicted octanol–water partition coefficient (Wildman–Crippen LogP) is 3.59. The lowest BCUT2D eigenvalue weighted by Gasteiger charge is -2.29. The average molecular weight is 209 g/mol. The molecule has 0 amide bonds. The zero-order chi connectivity index (χ0) is 10.7. The SMILES string of the molecule is CNC(CC1CCCC1)C1CCCC1C. The third kappa shape index (κ3) is 2.75. The molecular weight excluding hydrogens is 182 g/mol. The molecule has 1 nitrogen and oxygen atoms in total. The Hall–Kier alpha value is -0.0400. The molecule has 0 aromatic heterocycles. The zero-order valence-electron chi connectivity index (χ0n) is 10.5. The van der Waals surface area contributed by atoms with Crippen molar-refractivity contribution in [3.05, 3.63) is 0 Å². The minimum absolute atomic E-state index is 0.811. The van der Waals surface area contributed by atoms with Gasteiger partial charge in [0.2, 0.25) is 0 Å². The molecule has 0 aromatic carbocycles. The summed E-state index contributed by atoms with van der Waals surface area (Å²) in [7, 11) is 2.17. The molecule has 88 valence electrons. The first kappa shape index (κ1) is 11.4. The Labute approximate surface area is 95.0 Å². The average Bonchev–Trinajstić information content (AvgIpc) is 2.85. The quantitative estimate of drug-likeness (QED) is 0.746. The van der Waals surface area contributed by atoms with Crippen molar-refractivity contribution in [1.82, 2.24) is 5.32 Å². The van der Waals surface area contributed by atoms with Crippen molar-refractivity contribution in [3.8, 4) is 0 Å². The lowest BCUT2D eigenvalue weighted by molar-refractivity contribution is 0.264. The Kier molecular flexibility index (Phi) is 4.07. The summed E-state index contributed by atoms with van der Waals surface area (Å²) >= 11 is 0. The number of hydrogen-bond donors (Lipinski definition) is 1. The van der Waals surface area contributed by atoms with Gasteiger partial charge in [-0.25, -0.2) is 0 Å². The van der Waals surface area contributed by atoms with Crippen molar-refractivity contribution in [2.24, 2.45) is 17.8 Å². The summed E-state index contributed by atoms with van der Waals surface area (Å²) in [6.07, 6.45) is 11.8. The van der Waals surface area contributed by atoms with E-state index in [1.54, 1.807) is 0 Å². The van der Waals surface area contributed by atoms with Crippen LogP contribution in [0.1, 0.15) is 58.3 Å². The van der Waals surface area contributed by atoms with E-state index in [4.69, 9.17) is 0 Å². The van der Waals surface area contributed by atoms with Gasteiger partial charge in [0, 0.05) is 6.04 Å². The summed E-state index contributed by atoms with van der Waals surface area (Å²) in [6, 6.07) is 0.811. The summed E-state index contributed by atoms with van der Waals surface area (Å²) in [5.74, 6) is 2.97. The Morgan fingerprint density at radius 3 is 2.33 bits per heavy atom. The number of hydrogen-bond acceptors (Lipinski definition) is 1. The molecule has 0 bridgehead atoms. The fourth-order valence-corrected chi connectivity index (χ4v) is 3.88. The Bertz CT molecular complexity index is 184. The monoisotopic (exact) mass is 209 g/mol. The molecule has 1 N–H and O–H groups in total. The van der Waals surface area contributed by atoms with Crippen LogP contribution < -0.4 is 5.32 Å². The Morgan fingerprint density at radius 1 is 1.07 bits per heavy atom. The van der Waals surface area contributed by atoms with Gasteiger partial charge in [-0.1, -0.05) is 45.4 Å². The van der Waals surface area contributed by atoms with Crippen molar-refractivity contribution < 1.29 is 0 Å². The molecule has 2 saturated carbocycles. The molecule has 2 rings (SSSR count). The third-order valence-corrected chi connectivity index (χ3v) is 4.88. The first-order valence-electron chi connectivity index (χ1n) is 6.98. The topological polar surface area (TPSA) is 12.0 Å². The molecule has 0 heterocycles. The molecule has 2 aliphatic rings. The van der Waals surface area contributed by atoms with Crippen LogP contribution in [0.2, 0.25) is 0 Å². The van der Waals surface area contributed by atoms with Crippen LogP contribution in [0.3, 0.4) is 0 Å². The summed E-state index contributed by atoms with van der Waals surface area (Å²) < 4.78 is 0. The van der Waals surface area contributed by atoms with E-state index >= 15 is 0 Å². The van der Waals surface area contributed by atoms with Crippen LogP contribution in [0.5, 0.6) is 0 Å². The highest BCUT2D eigenvalue weighted by Crippen LogP contribution is 2.38. The van der Waals surface area contributed by atoms with Gasteiger partial charge in [-0.05, 0) is 37.6 Å². The predicted molar refractivity (Wildman–Crippen MR) is 65.9 cm³/mol. The highest BCUT2D eigenvalue weighted by atomic mass is 14.9. The molecule has 1 heteroatoms. The van der Waals surface area contributed by atoms with Crippen molar-refractivity contribution in [3.63, 3.8) is 0 Å². The van der Waals surface area contributed by atoms with Crippen LogP contribution in [0.25, 0.3) is 0 Å². The summed E-state index contributed by atoms with van der Waals surface area (Å²) in [5.41, 5.74) is 0. The van der Waals surface area contributed by atoms with Gasteiger partial charge in [-0.3, -0.25) is 0 Å². The van der Waals surface area contributed by atoms with Crippen molar-refractivity contribution in [2.75, 3.05) is 7.05 Å². The first-order chi connectivity index (χ1) is 7.31. The van der Waals surface area contributed by atoms with Gasteiger partial charge in [-0.2, -0.15) is 0 Å². The van der Waals surface area contributed by atoms with Gasteiger partial charge >= 0.3 is 0 Å². The van der Waals surface area contributed by atoms with E-state index in [1.165, 1.54) is 51.4 Å². The summed E-state index contributed by atoms with van der Waals surface area (Å²) in [5, 5.41) is 3.60. The summed E-state index contributed by atoms with van der Waals surface area (Å²) in [6.45, 7) is 2.46.